The monoisotopic (exact) mass is 519 g/mol. The van der Waals surface area contributed by atoms with Gasteiger partial charge < -0.3 is 4.57 Å². The Morgan fingerprint density at radius 2 is 0.927 bits per heavy atom. The van der Waals surface area contributed by atoms with Gasteiger partial charge in [0.15, 0.2) is 0 Å². The zero-order valence-corrected chi connectivity index (χ0v) is 22.4. The van der Waals surface area contributed by atoms with Gasteiger partial charge in [-0.25, -0.2) is 0 Å². The minimum atomic E-state index is 1.18. The summed E-state index contributed by atoms with van der Waals surface area (Å²) in [5, 5.41) is 5.23. The molecule has 1 aromatic heterocycles. The molecule has 0 bridgehead atoms. The summed E-state index contributed by atoms with van der Waals surface area (Å²) in [4.78, 5) is 0. The second kappa shape index (κ2) is 8.55. The molecule has 190 valence electrons. The molecule has 1 heterocycles. The Hall–Kier alpha value is -5.40. The van der Waals surface area contributed by atoms with Crippen LogP contribution >= 0.6 is 0 Å². The van der Waals surface area contributed by atoms with Gasteiger partial charge in [-0.15, -0.1) is 0 Å². The van der Waals surface area contributed by atoms with Gasteiger partial charge in [0.2, 0.25) is 0 Å². The molecule has 0 aliphatic heterocycles. The van der Waals surface area contributed by atoms with E-state index in [9.17, 15) is 0 Å². The van der Waals surface area contributed by atoms with Gasteiger partial charge in [-0.3, -0.25) is 0 Å². The maximum absolute atomic E-state index is 2.37. The Kier molecular flexibility index (Phi) is 4.67. The van der Waals surface area contributed by atoms with Crippen molar-refractivity contribution in [2.45, 2.75) is 0 Å². The van der Waals surface area contributed by atoms with Crippen LogP contribution in [0.1, 0.15) is 0 Å². The van der Waals surface area contributed by atoms with Gasteiger partial charge in [0.05, 0.1) is 11.0 Å². The number of benzene rings is 7. The number of hydrogen-bond donors (Lipinski definition) is 0. The number of aromatic nitrogens is 1. The quantitative estimate of drug-likeness (QED) is 0.219. The van der Waals surface area contributed by atoms with Crippen LogP contribution in [-0.4, -0.2) is 4.57 Å². The zero-order chi connectivity index (χ0) is 26.9. The molecule has 9 rings (SSSR count). The molecule has 0 saturated heterocycles. The standard InChI is InChI=1S/C40H25N/c1-2-12-29(13-3-1)41-38-19-7-6-16-33(38)37-25-27(20-23-39(37)41)26-10-8-11-28(24-26)30-21-22-36-32-15-5-4-14-31(32)35-18-9-17-34(30)40(35)36/h1-25H. The van der Waals surface area contributed by atoms with Crippen molar-refractivity contribution in [2.24, 2.45) is 0 Å². The molecule has 8 aromatic rings. The highest BCUT2D eigenvalue weighted by Gasteiger charge is 2.22. The number of rotatable bonds is 3. The molecule has 1 nitrogen and oxygen atoms in total. The molecule has 0 saturated carbocycles. The first-order valence-corrected chi connectivity index (χ1v) is 14.2. The van der Waals surface area contributed by atoms with Crippen molar-refractivity contribution in [2.75, 3.05) is 0 Å². The highest BCUT2D eigenvalue weighted by atomic mass is 15.0. The number of para-hydroxylation sites is 2. The van der Waals surface area contributed by atoms with Crippen molar-refractivity contribution in [1.29, 1.82) is 0 Å². The van der Waals surface area contributed by atoms with E-state index in [4.69, 9.17) is 0 Å². The summed E-state index contributed by atoms with van der Waals surface area (Å²) in [6.45, 7) is 0. The largest absolute Gasteiger partial charge is 0.309 e. The van der Waals surface area contributed by atoms with E-state index < -0.39 is 0 Å². The van der Waals surface area contributed by atoms with E-state index in [1.165, 1.54) is 82.8 Å². The van der Waals surface area contributed by atoms with Gasteiger partial charge >= 0.3 is 0 Å². The second-order valence-electron chi connectivity index (χ2n) is 10.9. The van der Waals surface area contributed by atoms with Crippen molar-refractivity contribution in [3.05, 3.63) is 152 Å². The lowest BCUT2D eigenvalue weighted by atomic mass is 9.92. The van der Waals surface area contributed by atoms with E-state index in [-0.39, 0.29) is 0 Å². The lowest BCUT2D eigenvalue weighted by Crippen LogP contribution is -1.92. The SMILES string of the molecule is c1ccc(-n2c3ccccc3c3cc(-c4cccc(-c5ccc6c7c(cccc57)-c5ccccc5-6)c4)ccc32)cc1. The maximum atomic E-state index is 2.37. The number of fused-ring (bicyclic) bond motifs is 6. The van der Waals surface area contributed by atoms with Crippen LogP contribution < -0.4 is 0 Å². The van der Waals surface area contributed by atoms with E-state index in [1.807, 2.05) is 0 Å². The third-order valence-electron chi connectivity index (χ3n) is 8.74. The van der Waals surface area contributed by atoms with Crippen molar-refractivity contribution < 1.29 is 0 Å². The van der Waals surface area contributed by atoms with Gasteiger partial charge in [-0.05, 0) is 91.7 Å². The molecular weight excluding hydrogens is 494 g/mol. The third kappa shape index (κ3) is 3.24. The second-order valence-corrected chi connectivity index (χ2v) is 10.9. The minimum absolute atomic E-state index is 1.18. The van der Waals surface area contributed by atoms with Gasteiger partial charge in [0, 0.05) is 16.5 Å². The van der Waals surface area contributed by atoms with Crippen molar-refractivity contribution >= 4 is 32.6 Å². The number of nitrogens with zero attached hydrogens (tertiary/aromatic N) is 1. The van der Waals surface area contributed by atoms with Crippen molar-refractivity contribution in [3.8, 4) is 50.2 Å². The Morgan fingerprint density at radius 1 is 0.317 bits per heavy atom. The average molecular weight is 520 g/mol. The summed E-state index contributed by atoms with van der Waals surface area (Å²) >= 11 is 0. The van der Waals surface area contributed by atoms with Gasteiger partial charge in [-0.1, -0.05) is 115 Å². The van der Waals surface area contributed by atoms with Crippen LogP contribution in [-0.2, 0) is 0 Å². The molecule has 0 unspecified atom stereocenters. The summed E-state index contributed by atoms with van der Waals surface area (Å²) in [5.74, 6) is 0. The Morgan fingerprint density at radius 3 is 1.80 bits per heavy atom. The highest BCUT2D eigenvalue weighted by molar-refractivity contribution is 6.18. The Labute approximate surface area is 238 Å². The lowest BCUT2D eigenvalue weighted by molar-refractivity contribution is 1.18. The van der Waals surface area contributed by atoms with Crippen LogP contribution in [0.4, 0.5) is 0 Å². The van der Waals surface area contributed by atoms with E-state index in [2.05, 4.69) is 156 Å². The zero-order valence-electron chi connectivity index (χ0n) is 22.4. The lowest BCUT2D eigenvalue weighted by Gasteiger charge is -2.12. The van der Waals surface area contributed by atoms with Crippen molar-refractivity contribution in [1.82, 2.24) is 4.57 Å². The van der Waals surface area contributed by atoms with Crippen molar-refractivity contribution in [3.63, 3.8) is 0 Å². The molecular formula is C40H25N. The van der Waals surface area contributed by atoms with E-state index in [0.717, 1.165) is 0 Å². The summed E-state index contributed by atoms with van der Waals surface area (Å²) in [6.07, 6.45) is 0. The van der Waals surface area contributed by atoms with Crippen LogP contribution in [0.15, 0.2) is 152 Å². The van der Waals surface area contributed by atoms with Gasteiger partial charge in [0.1, 0.15) is 0 Å². The van der Waals surface area contributed by atoms with Crippen LogP contribution in [0.5, 0.6) is 0 Å². The minimum Gasteiger partial charge on any atom is -0.309 e. The predicted octanol–water partition coefficient (Wildman–Crippen LogP) is 10.9. The molecule has 0 amide bonds. The molecule has 0 spiro atoms. The number of hydrogen-bond acceptors (Lipinski definition) is 0. The summed E-state index contributed by atoms with van der Waals surface area (Å²) in [6, 6.07) is 55.4. The first kappa shape index (κ1) is 22.4. The summed E-state index contributed by atoms with van der Waals surface area (Å²) in [5.41, 5.74) is 14.0. The molecule has 0 N–H and O–H groups in total. The first-order valence-electron chi connectivity index (χ1n) is 14.2. The van der Waals surface area contributed by atoms with Crippen LogP contribution in [0.25, 0.3) is 82.8 Å². The van der Waals surface area contributed by atoms with Gasteiger partial charge in [0.25, 0.3) is 0 Å². The molecule has 0 radical (unpaired) electrons. The Balaban J connectivity index is 1.21. The van der Waals surface area contributed by atoms with E-state index in [1.54, 1.807) is 0 Å². The molecule has 0 fully saturated rings. The fourth-order valence-electron chi connectivity index (χ4n) is 6.93. The van der Waals surface area contributed by atoms with Crippen LogP contribution in [0.2, 0.25) is 0 Å². The third-order valence-corrected chi connectivity index (χ3v) is 8.74. The molecule has 41 heavy (non-hydrogen) atoms. The summed E-state index contributed by atoms with van der Waals surface area (Å²) < 4.78 is 2.37. The first-order chi connectivity index (χ1) is 20.3. The van der Waals surface area contributed by atoms with Crippen LogP contribution in [0, 0.1) is 0 Å². The molecule has 1 aliphatic carbocycles. The normalized spacial score (nSPS) is 11.9. The van der Waals surface area contributed by atoms with Gasteiger partial charge in [-0.2, -0.15) is 0 Å². The predicted molar refractivity (Wildman–Crippen MR) is 174 cm³/mol. The Bertz CT molecular complexity index is 2270. The fraction of sp³-hybridized carbons (Fsp3) is 0. The maximum Gasteiger partial charge on any atom is 0.0541 e. The fourth-order valence-corrected chi connectivity index (χ4v) is 6.93. The van der Waals surface area contributed by atoms with E-state index >= 15 is 0 Å². The van der Waals surface area contributed by atoms with E-state index in [0.29, 0.717) is 0 Å². The molecule has 7 aromatic carbocycles. The van der Waals surface area contributed by atoms with Crippen LogP contribution in [0.3, 0.4) is 0 Å². The topological polar surface area (TPSA) is 4.93 Å². The molecule has 0 atom stereocenters. The smallest absolute Gasteiger partial charge is 0.0541 e. The summed E-state index contributed by atoms with van der Waals surface area (Å²) in [7, 11) is 0. The molecule has 1 heteroatoms. The molecule has 1 aliphatic rings. The average Bonchev–Trinajstić information content (AvgIpc) is 3.55. The highest BCUT2D eigenvalue weighted by Crippen LogP contribution is 2.49.